The summed E-state index contributed by atoms with van der Waals surface area (Å²) in [6.45, 7) is 3.83. The number of nitrogens with two attached hydrogens (primary N) is 1. The molecule has 2 aromatic rings. The van der Waals surface area contributed by atoms with Crippen molar-refractivity contribution in [3.05, 3.63) is 34.5 Å². The molecule has 0 bridgehead atoms. The zero-order chi connectivity index (χ0) is 14.7. The lowest BCUT2D eigenvalue weighted by molar-refractivity contribution is 0.0348. The molecule has 2 aromatic heterocycles. The number of nitrogens with zero attached hydrogens (tertiary/aromatic N) is 3. The molecule has 8 nitrogen and oxygen atoms in total. The van der Waals surface area contributed by atoms with Gasteiger partial charge in [0.05, 0.1) is 24.8 Å². The van der Waals surface area contributed by atoms with Crippen molar-refractivity contribution in [2.45, 2.75) is 6.04 Å². The lowest BCUT2D eigenvalue weighted by Crippen LogP contribution is -2.40. The number of hydrogen-bond donors (Lipinski definition) is 2. The number of nitrogens with one attached hydrogen (secondary N) is 1. The molecule has 0 saturated carbocycles. The molecule has 0 spiro atoms. The minimum Gasteiger partial charge on any atom is -0.379 e. The van der Waals surface area contributed by atoms with Gasteiger partial charge in [-0.05, 0) is 6.07 Å². The Bertz CT molecular complexity index is 627. The summed E-state index contributed by atoms with van der Waals surface area (Å²) in [6, 6.07) is 2.72. The van der Waals surface area contributed by atoms with Crippen LogP contribution in [-0.2, 0) is 4.74 Å². The lowest BCUT2D eigenvalue weighted by Gasteiger charge is -2.27. The molecule has 3 heterocycles. The molecule has 1 aliphatic rings. The van der Waals surface area contributed by atoms with Crippen molar-refractivity contribution >= 4 is 0 Å². The Balaban J connectivity index is 1.68. The monoisotopic (exact) mass is 291 g/mol. The predicted molar refractivity (Wildman–Crippen MR) is 74.5 cm³/mol. The van der Waals surface area contributed by atoms with Gasteiger partial charge in [-0.1, -0.05) is 5.16 Å². The average molecular weight is 291 g/mol. The number of rotatable bonds is 4. The number of ether oxygens (including phenoxy) is 1. The Morgan fingerprint density at radius 1 is 1.38 bits per heavy atom. The second kappa shape index (κ2) is 6.17. The quantitative estimate of drug-likeness (QED) is 0.799. The molecular weight excluding hydrogens is 274 g/mol. The van der Waals surface area contributed by atoms with Crippen molar-refractivity contribution in [1.82, 2.24) is 20.0 Å². The van der Waals surface area contributed by atoms with E-state index in [-0.39, 0.29) is 11.6 Å². The first-order chi connectivity index (χ1) is 10.2. The molecule has 1 fully saturated rings. The zero-order valence-electron chi connectivity index (χ0n) is 11.5. The summed E-state index contributed by atoms with van der Waals surface area (Å²) in [5, 5.41) is 3.92. The molecule has 0 aliphatic carbocycles. The van der Waals surface area contributed by atoms with E-state index in [2.05, 4.69) is 20.0 Å². The van der Waals surface area contributed by atoms with Crippen LogP contribution in [0.15, 0.2) is 27.6 Å². The van der Waals surface area contributed by atoms with E-state index >= 15 is 0 Å². The van der Waals surface area contributed by atoms with E-state index in [1.54, 1.807) is 6.07 Å². The van der Waals surface area contributed by atoms with Crippen LogP contribution in [0.5, 0.6) is 0 Å². The van der Waals surface area contributed by atoms with E-state index in [4.69, 9.17) is 15.0 Å². The molecule has 3 rings (SSSR count). The molecule has 1 atom stereocenters. The molecule has 1 unspecified atom stereocenters. The highest BCUT2D eigenvalue weighted by atomic mass is 16.5. The molecule has 0 aromatic carbocycles. The van der Waals surface area contributed by atoms with Gasteiger partial charge < -0.3 is 20.0 Å². The van der Waals surface area contributed by atoms with Crippen LogP contribution in [0.1, 0.15) is 11.9 Å². The van der Waals surface area contributed by atoms with Crippen molar-refractivity contribution in [3.8, 4) is 11.5 Å². The van der Waals surface area contributed by atoms with Gasteiger partial charge in [0.1, 0.15) is 0 Å². The van der Waals surface area contributed by atoms with Gasteiger partial charge in [-0.25, -0.2) is 0 Å². The van der Waals surface area contributed by atoms with Crippen LogP contribution in [0.4, 0.5) is 0 Å². The largest absolute Gasteiger partial charge is 0.379 e. The van der Waals surface area contributed by atoms with Gasteiger partial charge in [0, 0.05) is 31.9 Å². The third kappa shape index (κ3) is 3.35. The maximum absolute atomic E-state index is 11.0. The number of pyridine rings is 1. The van der Waals surface area contributed by atoms with Crippen LogP contribution in [0.2, 0.25) is 0 Å². The van der Waals surface area contributed by atoms with Gasteiger partial charge in [-0.3, -0.25) is 9.69 Å². The fourth-order valence-corrected chi connectivity index (χ4v) is 2.19. The highest BCUT2D eigenvalue weighted by molar-refractivity contribution is 5.50. The highest BCUT2D eigenvalue weighted by Crippen LogP contribution is 2.17. The summed E-state index contributed by atoms with van der Waals surface area (Å²) in [7, 11) is 0. The Labute approximate surface area is 120 Å². The van der Waals surface area contributed by atoms with Crippen molar-refractivity contribution in [2.24, 2.45) is 5.73 Å². The maximum Gasteiger partial charge on any atom is 0.259 e. The zero-order valence-corrected chi connectivity index (χ0v) is 11.5. The van der Waals surface area contributed by atoms with Crippen molar-refractivity contribution in [2.75, 3.05) is 32.8 Å². The minimum absolute atomic E-state index is 0.178. The highest BCUT2D eigenvalue weighted by Gasteiger charge is 2.20. The van der Waals surface area contributed by atoms with Crippen molar-refractivity contribution in [1.29, 1.82) is 0 Å². The smallest absolute Gasteiger partial charge is 0.259 e. The molecular formula is C13H17N5O3. The number of aromatic nitrogens is 3. The molecule has 1 saturated heterocycles. The molecule has 3 N–H and O–H groups in total. The van der Waals surface area contributed by atoms with Gasteiger partial charge in [-0.15, -0.1) is 0 Å². The molecule has 0 amide bonds. The van der Waals surface area contributed by atoms with Gasteiger partial charge >= 0.3 is 0 Å². The first kappa shape index (κ1) is 13.9. The SMILES string of the molecule is NC(CN1CCOCC1)c1noc(-c2ccc(=O)[nH]c2)n1. The molecule has 1 aliphatic heterocycles. The van der Waals surface area contributed by atoms with Crippen molar-refractivity contribution in [3.63, 3.8) is 0 Å². The summed E-state index contributed by atoms with van der Waals surface area (Å²) < 4.78 is 10.5. The summed E-state index contributed by atoms with van der Waals surface area (Å²) in [6.07, 6.45) is 1.53. The second-order valence-electron chi connectivity index (χ2n) is 4.92. The average Bonchev–Trinajstić information content (AvgIpc) is 2.99. The Morgan fingerprint density at radius 2 is 2.19 bits per heavy atom. The third-order valence-corrected chi connectivity index (χ3v) is 3.36. The summed E-state index contributed by atoms with van der Waals surface area (Å²) >= 11 is 0. The standard InChI is InChI=1S/C13H17N5O3/c14-10(8-18-3-5-20-6-4-18)12-16-13(21-17-12)9-1-2-11(19)15-7-9/h1-2,7,10H,3-6,8,14H2,(H,15,19). The minimum atomic E-state index is -0.316. The van der Waals surface area contributed by atoms with Crippen LogP contribution in [0.3, 0.4) is 0 Å². The number of morpholine rings is 1. The van der Waals surface area contributed by atoms with E-state index in [0.717, 1.165) is 26.3 Å². The Morgan fingerprint density at radius 3 is 2.90 bits per heavy atom. The normalized spacial score (nSPS) is 17.8. The fraction of sp³-hybridized carbons (Fsp3) is 0.462. The van der Waals surface area contributed by atoms with Gasteiger partial charge in [0.25, 0.3) is 5.89 Å². The number of aromatic amines is 1. The van der Waals surface area contributed by atoms with Gasteiger partial charge in [0.2, 0.25) is 5.56 Å². The van der Waals surface area contributed by atoms with Gasteiger partial charge in [-0.2, -0.15) is 4.98 Å². The molecule has 8 heteroatoms. The summed E-state index contributed by atoms with van der Waals surface area (Å²) in [5.41, 5.74) is 6.60. The first-order valence-corrected chi connectivity index (χ1v) is 6.81. The number of hydrogen-bond acceptors (Lipinski definition) is 7. The Kier molecular flexibility index (Phi) is 4.09. The third-order valence-electron chi connectivity index (χ3n) is 3.36. The lowest BCUT2D eigenvalue weighted by atomic mass is 10.2. The summed E-state index contributed by atoms with van der Waals surface area (Å²) in [5.74, 6) is 0.807. The topological polar surface area (TPSA) is 110 Å². The van der Waals surface area contributed by atoms with E-state index in [1.807, 2.05) is 0 Å². The number of H-pyrrole nitrogens is 1. The maximum atomic E-state index is 11.0. The summed E-state index contributed by atoms with van der Waals surface area (Å²) in [4.78, 5) is 20.1. The Hall–Kier alpha value is -2.03. The predicted octanol–water partition coefficient (Wildman–Crippen LogP) is -0.243. The van der Waals surface area contributed by atoms with Crippen LogP contribution in [0, 0.1) is 0 Å². The molecule has 21 heavy (non-hydrogen) atoms. The van der Waals surface area contributed by atoms with Crippen LogP contribution in [-0.4, -0.2) is 52.9 Å². The van der Waals surface area contributed by atoms with Crippen LogP contribution >= 0.6 is 0 Å². The van der Waals surface area contributed by atoms with E-state index in [0.29, 0.717) is 23.8 Å². The fourth-order valence-electron chi connectivity index (χ4n) is 2.19. The van der Waals surface area contributed by atoms with E-state index < -0.39 is 0 Å². The van der Waals surface area contributed by atoms with Crippen molar-refractivity contribution < 1.29 is 9.26 Å². The van der Waals surface area contributed by atoms with Gasteiger partial charge in [0.15, 0.2) is 5.82 Å². The van der Waals surface area contributed by atoms with E-state index in [9.17, 15) is 4.79 Å². The van der Waals surface area contributed by atoms with Crippen LogP contribution in [0.25, 0.3) is 11.5 Å². The van der Waals surface area contributed by atoms with Crippen LogP contribution < -0.4 is 11.3 Å². The van der Waals surface area contributed by atoms with E-state index in [1.165, 1.54) is 12.3 Å². The first-order valence-electron chi connectivity index (χ1n) is 6.81. The molecule has 0 radical (unpaired) electrons. The second-order valence-corrected chi connectivity index (χ2v) is 4.92. The molecule has 112 valence electrons.